The molecule has 29 heavy (non-hydrogen) atoms. The number of piperazine rings is 1. The molecule has 4 rings (SSSR count). The van der Waals surface area contributed by atoms with Gasteiger partial charge >= 0.3 is 0 Å². The van der Waals surface area contributed by atoms with E-state index in [1.807, 2.05) is 49.4 Å². The van der Waals surface area contributed by atoms with Gasteiger partial charge in [-0.15, -0.1) is 0 Å². The van der Waals surface area contributed by atoms with Crippen LogP contribution in [-0.4, -0.2) is 48.1 Å². The van der Waals surface area contributed by atoms with Crippen molar-refractivity contribution in [2.45, 2.75) is 13.3 Å². The van der Waals surface area contributed by atoms with Crippen LogP contribution in [0.1, 0.15) is 16.8 Å². The van der Waals surface area contributed by atoms with Gasteiger partial charge in [-0.1, -0.05) is 30.3 Å². The molecule has 150 valence electrons. The molecule has 0 atom stereocenters. The van der Waals surface area contributed by atoms with Crippen molar-refractivity contribution in [2.75, 3.05) is 43.4 Å². The number of aromatic nitrogens is 2. The summed E-state index contributed by atoms with van der Waals surface area (Å²) in [7, 11) is 2.16. The zero-order valence-electron chi connectivity index (χ0n) is 17.0. The summed E-state index contributed by atoms with van der Waals surface area (Å²) < 4.78 is 0. The first-order valence-electron chi connectivity index (χ1n) is 10.0. The molecule has 2 aromatic carbocycles. The minimum Gasteiger partial charge on any atom is -0.369 e. The summed E-state index contributed by atoms with van der Waals surface area (Å²) in [5, 5.41) is 3.22. The van der Waals surface area contributed by atoms with Crippen LogP contribution in [0.2, 0.25) is 0 Å². The van der Waals surface area contributed by atoms with Crippen LogP contribution in [0.15, 0.2) is 59.4 Å². The Morgan fingerprint density at radius 1 is 1.00 bits per heavy atom. The normalized spacial score (nSPS) is 14.8. The molecule has 2 N–H and O–H groups in total. The number of anilines is 3. The van der Waals surface area contributed by atoms with E-state index in [4.69, 9.17) is 0 Å². The lowest BCUT2D eigenvalue weighted by atomic mass is 10.1. The number of nitrogens with one attached hydrogen (secondary N) is 2. The first-order valence-corrected chi connectivity index (χ1v) is 10.0. The van der Waals surface area contributed by atoms with E-state index in [9.17, 15) is 4.79 Å². The van der Waals surface area contributed by atoms with E-state index in [0.717, 1.165) is 43.1 Å². The van der Waals surface area contributed by atoms with Crippen molar-refractivity contribution in [3.63, 3.8) is 0 Å². The number of aromatic amines is 1. The molecule has 1 saturated heterocycles. The van der Waals surface area contributed by atoms with Crippen LogP contribution in [0.25, 0.3) is 0 Å². The van der Waals surface area contributed by atoms with Gasteiger partial charge in [-0.05, 0) is 43.8 Å². The Balaban J connectivity index is 1.46. The minimum atomic E-state index is -0.0992. The Labute approximate surface area is 171 Å². The molecule has 1 aliphatic rings. The maximum absolute atomic E-state index is 12.6. The number of nitrogens with zero attached hydrogens (tertiary/aromatic N) is 3. The van der Waals surface area contributed by atoms with E-state index >= 15 is 0 Å². The summed E-state index contributed by atoms with van der Waals surface area (Å²) in [6.07, 6.45) is 0.578. The molecule has 0 radical (unpaired) electrons. The predicted octanol–water partition coefficient (Wildman–Crippen LogP) is 3.16. The van der Waals surface area contributed by atoms with Crippen molar-refractivity contribution in [3.8, 4) is 0 Å². The van der Waals surface area contributed by atoms with Crippen LogP contribution in [-0.2, 0) is 6.42 Å². The lowest BCUT2D eigenvalue weighted by Crippen LogP contribution is -2.44. The second-order valence-corrected chi connectivity index (χ2v) is 7.60. The monoisotopic (exact) mass is 389 g/mol. The van der Waals surface area contributed by atoms with Gasteiger partial charge in [0.15, 0.2) is 0 Å². The molecule has 6 nitrogen and oxygen atoms in total. The first kappa shape index (κ1) is 19.2. The molecule has 0 amide bonds. The SMILES string of the molecule is Cc1nc(Nc2ccc(N3CCN(C)CC3)cc2)[nH]c(=O)c1Cc1ccccc1. The molecular formula is C23H27N5O. The fourth-order valence-electron chi connectivity index (χ4n) is 3.63. The highest BCUT2D eigenvalue weighted by molar-refractivity contribution is 5.59. The number of benzene rings is 2. The molecule has 3 aromatic rings. The van der Waals surface area contributed by atoms with E-state index in [-0.39, 0.29) is 5.56 Å². The highest BCUT2D eigenvalue weighted by Gasteiger charge is 2.14. The molecule has 0 unspecified atom stereocenters. The van der Waals surface area contributed by atoms with Gasteiger partial charge in [-0.2, -0.15) is 0 Å². The quantitative estimate of drug-likeness (QED) is 0.702. The minimum absolute atomic E-state index is 0.0992. The summed E-state index contributed by atoms with van der Waals surface area (Å²) in [5.41, 5.74) is 4.57. The highest BCUT2D eigenvalue weighted by atomic mass is 16.1. The van der Waals surface area contributed by atoms with Crippen molar-refractivity contribution in [3.05, 3.63) is 81.8 Å². The van der Waals surface area contributed by atoms with E-state index in [1.54, 1.807) is 0 Å². The number of aryl methyl sites for hydroxylation is 1. The number of hydrogen-bond acceptors (Lipinski definition) is 5. The van der Waals surface area contributed by atoms with Crippen LogP contribution in [0.4, 0.5) is 17.3 Å². The molecule has 1 aliphatic heterocycles. The van der Waals surface area contributed by atoms with Gasteiger partial charge in [0.25, 0.3) is 5.56 Å². The van der Waals surface area contributed by atoms with Gasteiger partial charge in [0, 0.05) is 49.5 Å². The number of hydrogen-bond donors (Lipinski definition) is 2. The first-order chi connectivity index (χ1) is 14.1. The average Bonchev–Trinajstić information content (AvgIpc) is 2.73. The summed E-state index contributed by atoms with van der Waals surface area (Å²) >= 11 is 0. The molecule has 1 fully saturated rings. The molecule has 0 spiro atoms. The van der Waals surface area contributed by atoms with Crippen molar-refractivity contribution >= 4 is 17.3 Å². The Bertz CT molecular complexity index is 1010. The number of rotatable bonds is 5. The van der Waals surface area contributed by atoms with E-state index in [1.165, 1.54) is 5.69 Å². The maximum atomic E-state index is 12.6. The second-order valence-electron chi connectivity index (χ2n) is 7.60. The van der Waals surface area contributed by atoms with E-state index in [2.05, 4.69) is 44.3 Å². The summed E-state index contributed by atoms with van der Waals surface area (Å²) in [4.78, 5) is 24.8. The second kappa shape index (κ2) is 8.49. The van der Waals surface area contributed by atoms with Crippen molar-refractivity contribution in [1.29, 1.82) is 0 Å². The summed E-state index contributed by atoms with van der Waals surface area (Å²) in [6, 6.07) is 18.3. The van der Waals surface area contributed by atoms with Crippen molar-refractivity contribution in [2.24, 2.45) is 0 Å². The van der Waals surface area contributed by atoms with E-state index in [0.29, 0.717) is 17.9 Å². The molecule has 0 saturated carbocycles. The zero-order chi connectivity index (χ0) is 20.2. The fraction of sp³-hybridized carbons (Fsp3) is 0.304. The number of likely N-dealkylation sites (N-methyl/N-ethyl adjacent to an activating group) is 1. The van der Waals surface area contributed by atoms with Gasteiger partial charge in [0.05, 0.1) is 5.69 Å². The highest BCUT2D eigenvalue weighted by Crippen LogP contribution is 2.21. The van der Waals surface area contributed by atoms with E-state index < -0.39 is 0 Å². The predicted molar refractivity (Wildman–Crippen MR) is 118 cm³/mol. The lowest BCUT2D eigenvalue weighted by molar-refractivity contribution is 0.313. The third kappa shape index (κ3) is 4.66. The van der Waals surface area contributed by atoms with Gasteiger partial charge < -0.3 is 15.1 Å². The molecule has 2 heterocycles. The Morgan fingerprint density at radius 2 is 1.69 bits per heavy atom. The Morgan fingerprint density at radius 3 is 2.34 bits per heavy atom. The topological polar surface area (TPSA) is 64.3 Å². The van der Waals surface area contributed by atoms with Gasteiger partial charge in [0.1, 0.15) is 0 Å². The Kier molecular flexibility index (Phi) is 5.62. The fourth-order valence-corrected chi connectivity index (χ4v) is 3.63. The van der Waals surface area contributed by atoms with Crippen LogP contribution >= 0.6 is 0 Å². The molecular weight excluding hydrogens is 362 g/mol. The van der Waals surface area contributed by atoms with Gasteiger partial charge in [-0.25, -0.2) is 4.98 Å². The van der Waals surface area contributed by atoms with Crippen LogP contribution in [0.5, 0.6) is 0 Å². The molecule has 1 aromatic heterocycles. The number of H-pyrrole nitrogens is 1. The maximum Gasteiger partial charge on any atom is 0.256 e. The average molecular weight is 390 g/mol. The van der Waals surface area contributed by atoms with Crippen molar-refractivity contribution < 1.29 is 0 Å². The third-order valence-electron chi connectivity index (χ3n) is 5.44. The zero-order valence-corrected chi connectivity index (χ0v) is 17.0. The van der Waals surface area contributed by atoms with Crippen LogP contribution in [0.3, 0.4) is 0 Å². The summed E-state index contributed by atoms with van der Waals surface area (Å²) in [5.74, 6) is 0.469. The largest absolute Gasteiger partial charge is 0.369 e. The third-order valence-corrected chi connectivity index (χ3v) is 5.44. The molecule has 0 bridgehead atoms. The van der Waals surface area contributed by atoms with Crippen LogP contribution < -0.4 is 15.8 Å². The Hall–Kier alpha value is -3.12. The van der Waals surface area contributed by atoms with Gasteiger partial charge in [0.2, 0.25) is 5.95 Å². The lowest BCUT2D eigenvalue weighted by Gasteiger charge is -2.34. The standard InChI is InChI=1S/C23H27N5O/c1-17-21(16-18-6-4-3-5-7-18)22(29)26-23(24-17)25-19-8-10-20(11-9-19)28-14-12-27(2)13-15-28/h3-11H,12-16H2,1-2H3,(H2,24,25,26,29). The van der Waals surface area contributed by atoms with Crippen molar-refractivity contribution in [1.82, 2.24) is 14.9 Å². The smallest absolute Gasteiger partial charge is 0.256 e. The van der Waals surface area contributed by atoms with Gasteiger partial charge in [-0.3, -0.25) is 9.78 Å². The molecule has 6 heteroatoms. The van der Waals surface area contributed by atoms with Crippen LogP contribution in [0, 0.1) is 6.92 Å². The molecule has 0 aliphatic carbocycles. The summed E-state index contributed by atoms with van der Waals surface area (Å²) in [6.45, 7) is 6.13.